The zero-order valence-corrected chi connectivity index (χ0v) is 23.0. The van der Waals surface area contributed by atoms with E-state index >= 15 is 0 Å². The molecule has 1 aliphatic rings. The van der Waals surface area contributed by atoms with Crippen molar-refractivity contribution in [1.29, 1.82) is 0 Å². The number of pyridine rings is 1. The number of ether oxygens (including phenoxy) is 1. The van der Waals surface area contributed by atoms with Crippen LogP contribution in [-0.4, -0.2) is 54.1 Å². The Morgan fingerprint density at radius 1 is 0.878 bits per heavy atom. The largest absolute Gasteiger partial charge is 0.462 e. The number of hydrogen-bond acceptors (Lipinski definition) is 6. The molecule has 3 aromatic carbocycles. The molecular formula is C33H33N3O4S. The molecule has 1 amide bonds. The van der Waals surface area contributed by atoms with Crippen molar-refractivity contribution in [3.8, 4) is 0 Å². The lowest BCUT2D eigenvalue weighted by molar-refractivity contribution is 0.0523. The molecule has 0 bridgehead atoms. The number of carbonyl (C=O) groups excluding carboxylic acids is 2. The number of piperazine rings is 1. The van der Waals surface area contributed by atoms with E-state index < -0.39 is 5.97 Å². The van der Waals surface area contributed by atoms with Crippen LogP contribution in [0.2, 0.25) is 0 Å². The molecule has 7 nitrogen and oxygen atoms in total. The smallest absolute Gasteiger partial charge is 0.345 e. The summed E-state index contributed by atoms with van der Waals surface area (Å²) in [7, 11) is 0. The molecule has 0 saturated carbocycles. The van der Waals surface area contributed by atoms with Gasteiger partial charge in [-0.05, 0) is 46.8 Å². The third-order valence-corrected chi connectivity index (χ3v) is 8.25. The van der Waals surface area contributed by atoms with E-state index in [0.29, 0.717) is 43.3 Å². The summed E-state index contributed by atoms with van der Waals surface area (Å²) >= 11 is 1.43. The van der Waals surface area contributed by atoms with E-state index in [1.54, 1.807) is 11.5 Å². The van der Waals surface area contributed by atoms with Gasteiger partial charge >= 0.3 is 5.97 Å². The van der Waals surface area contributed by atoms with Crippen LogP contribution in [0.1, 0.15) is 39.9 Å². The van der Waals surface area contributed by atoms with Crippen molar-refractivity contribution in [2.45, 2.75) is 20.9 Å². The van der Waals surface area contributed by atoms with Crippen LogP contribution in [-0.2, 0) is 11.3 Å². The molecule has 2 aromatic heterocycles. The molecule has 0 atom stereocenters. The van der Waals surface area contributed by atoms with Crippen LogP contribution in [0.3, 0.4) is 0 Å². The van der Waals surface area contributed by atoms with Gasteiger partial charge in [0.25, 0.3) is 11.5 Å². The number of benzene rings is 3. The van der Waals surface area contributed by atoms with Crippen LogP contribution in [0, 0.1) is 0 Å². The number of thiophene rings is 1. The summed E-state index contributed by atoms with van der Waals surface area (Å²) in [5, 5.41) is 4.93. The van der Waals surface area contributed by atoms with Gasteiger partial charge in [0.15, 0.2) is 0 Å². The molecule has 5 aromatic rings. The Hall–Kier alpha value is -4.43. The molecule has 0 radical (unpaired) electrons. The third-order valence-electron chi connectivity index (χ3n) is 7.39. The number of carbonyl (C=O) groups is 2. The van der Waals surface area contributed by atoms with Crippen LogP contribution in [0.25, 0.3) is 21.7 Å². The number of hydrogen-bond donors (Lipinski definition) is 0. The Morgan fingerprint density at radius 3 is 2.34 bits per heavy atom. The van der Waals surface area contributed by atoms with Crippen molar-refractivity contribution < 1.29 is 14.3 Å². The molecule has 0 aliphatic carbocycles. The van der Waals surface area contributed by atoms with Crippen LogP contribution in [0.15, 0.2) is 89.0 Å². The molecule has 1 saturated heterocycles. The fraction of sp³-hybridized carbons (Fsp3) is 0.242. The van der Waals surface area contributed by atoms with Gasteiger partial charge in [-0.1, -0.05) is 68.1 Å². The Balaban J connectivity index is 0.00000337. The standard InChI is InChI=1S/C32H29N3O4S.CH4/c1-2-39-32(38)28-29(33-15-17-34(18-16-33)30(36)27-12-7-19-40-27)25-10-5-6-11-26(25)35(31(28)37)21-22-13-14-23-8-3-4-9-24(23)20-22;/h3-14,19-20H,2,15-18,21H2,1H3;1H4. The van der Waals surface area contributed by atoms with Crippen LogP contribution < -0.4 is 10.5 Å². The van der Waals surface area contributed by atoms with Gasteiger partial charge in [-0.3, -0.25) is 9.59 Å². The zero-order valence-electron chi connectivity index (χ0n) is 22.2. The SMILES string of the molecule is C.CCOC(=O)c1c(N2CCN(C(=O)c3cccs3)CC2)c2ccccc2n(Cc2ccc3ccccc3c2)c1=O. The second-order valence-corrected chi connectivity index (χ2v) is 10.7. The van der Waals surface area contributed by atoms with E-state index in [2.05, 4.69) is 29.2 Å². The Kier molecular flexibility index (Phi) is 8.21. The summed E-state index contributed by atoms with van der Waals surface area (Å²) < 4.78 is 7.09. The third kappa shape index (κ3) is 5.35. The highest BCUT2D eigenvalue weighted by Crippen LogP contribution is 2.31. The van der Waals surface area contributed by atoms with E-state index in [9.17, 15) is 14.4 Å². The van der Waals surface area contributed by atoms with Gasteiger partial charge in [0.2, 0.25) is 0 Å². The van der Waals surface area contributed by atoms with E-state index in [4.69, 9.17) is 4.74 Å². The first-order valence-electron chi connectivity index (χ1n) is 13.4. The molecule has 6 rings (SSSR count). The monoisotopic (exact) mass is 567 g/mol. The predicted molar refractivity (Wildman–Crippen MR) is 166 cm³/mol. The lowest BCUT2D eigenvalue weighted by Gasteiger charge is -2.37. The minimum Gasteiger partial charge on any atom is -0.462 e. The van der Waals surface area contributed by atoms with E-state index in [0.717, 1.165) is 27.2 Å². The van der Waals surface area contributed by atoms with Gasteiger partial charge in [-0.2, -0.15) is 0 Å². The van der Waals surface area contributed by atoms with Crippen molar-refractivity contribution in [3.05, 3.63) is 111 Å². The Morgan fingerprint density at radius 2 is 1.61 bits per heavy atom. The molecule has 8 heteroatoms. The average molecular weight is 568 g/mol. The minimum absolute atomic E-state index is 0. The quantitative estimate of drug-likeness (QED) is 0.234. The summed E-state index contributed by atoms with van der Waals surface area (Å²) in [6.45, 7) is 4.21. The second kappa shape index (κ2) is 12.0. The van der Waals surface area contributed by atoms with E-state index in [-0.39, 0.29) is 31.1 Å². The highest BCUT2D eigenvalue weighted by Gasteiger charge is 2.30. The molecule has 0 N–H and O–H groups in total. The van der Waals surface area contributed by atoms with Gasteiger partial charge < -0.3 is 19.1 Å². The predicted octanol–water partition coefficient (Wildman–Crippen LogP) is 6.04. The van der Waals surface area contributed by atoms with Gasteiger partial charge in [-0.15, -0.1) is 11.3 Å². The van der Waals surface area contributed by atoms with Crippen molar-refractivity contribution >= 4 is 50.6 Å². The van der Waals surface area contributed by atoms with Crippen molar-refractivity contribution in [3.63, 3.8) is 0 Å². The molecular weight excluding hydrogens is 534 g/mol. The van der Waals surface area contributed by atoms with Gasteiger partial charge in [0, 0.05) is 31.6 Å². The van der Waals surface area contributed by atoms with Crippen molar-refractivity contribution in [2.75, 3.05) is 37.7 Å². The number of fused-ring (bicyclic) bond motifs is 2. The Bertz CT molecular complexity index is 1770. The molecule has 3 heterocycles. The van der Waals surface area contributed by atoms with E-state index in [1.165, 1.54) is 11.3 Å². The maximum absolute atomic E-state index is 14.1. The highest BCUT2D eigenvalue weighted by atomic mass is 32.1. The second-order valence-electron chi connectivity index (χ2n) is 9.79. The first-order chi connectivity index (χ1) is 19.5. The minimum atomic E-state index is -0.627. The van der Waals surface area contributed by atoms with Crippen LogP contribution in [0.4, 0.5) is 5.69 Å². The molecule has 1 aliphatic heterocycles. The van der Waals surface area contributed by atoms with Crippen LogP contribution >= 0.6 is 11.3 Å². The summed E-state index contributed by atoms with van der Waals surface area (Å²) in [6.07, 6.45) is 0. The van der Waals surface area contributed by atoms with Gasteiger partial charge in [0.1, 0.15) is 5.56 Å². The summed E-state index contributed by atoms with van der Waals surface area (Å²) in [5.74, 6) is -0.617. The summed E-state index contributed by atoms with van der Waals surface area (Å²) in [4.78, 5) is 45.0. The maximum Gasteiger partial charge on any atom is 0.345 e. The molecule has 41 heavy (non-hydrogen) atoms. The topological polar surface area (TPSA) is 71.8 Å². The number of esters is 1. The zero-order chi connectivity index (χ0) is 27.6. The first kappa shape index (κ1) is 28.1. The summed E-state index contributed by atoms with van der Waals surface area (Å²) in [5.41, 5.74) is 1.96. The van der Waals surface area contributed by atoms with Crippen molar-refractivity contribution in [2.24, 2.45) is 0 Å². The highest BCUT2D eigenvalue weighted by molar-refractivity contribution is 7.12. The normalized spacial score (nSPS) is 13.3. The number of anilines is 1. The molecule has 1 fully saturated rings. The average Bonchev–Trinajstić information content (AvgIpc) is 3.53. The lowest BCUT2D eigenvalue weighted by atomic mass is 10.0. The number of aromatic nitrogens is 1. The number of nitrogens with zero attached hydrogens (tertiary/aromatic N) is 3. The Labute approximate surface area is 243 Å². The fourth-order valence-corrected chi connectivity index (χ4v) is 6.16. The fourth-order valence-electron chi connectivity index (χ4n) is 5.47. The first-order valence-corrected chi connectivity index (χ1v) is 14.3. The maximum atomic E-state index is 14.1. The molecule has 0 unspecified atom stereocenters. The lowest BCUT2D eigenvalue weighted by Crippen LogP contribution is -2.49. The molecule has 210 valence electrons. The summed E-state index contributed by atoms with van der Waals surface area (Å²) in [6, 6.07) is 25.7. The van der Waals surface area contributed by atoms with Gasteiger partial charge in [0.05, 0.1) is 29.2 Å². The molecule has 0 spiro atoms. The van der Waals surface area contributed by atoms with Crippen LogP contribution in [0.5, 0.6) is 0 Å². The number of amides is 1. The number of rotatable bonds is 6. The number of para-hydroxylation sites is 1. The van der Waals surface area contributed by atoms with Gasteiger partial charge in [-0.25, -0.2) is 4.79 Å². The van der Waals surface area contributed by atoms with Crippen molar-refractivity contribution in [1.82, 2.24) is 9.47 Å². The van der Waals surface area contributed by atoms with E-state index in [1.807, 2.05) is 64.9 Å².